The third kappa shape index (κ3) is 4.23. The van der Waals surface area contributed by atoms with Crippen LogP contribution in [0.4, 0.5) is 8.78 Å². The summed E-state index contributed by atoms with van der Waals surface area (Å²) in [6.07, 6.45) is 8.23. The number of piperidine rings is 1. The van der Waals surface area contributed by atoms with Crippen molar-refractivity contribution in [3.63, 3.8) is 0 Å². The minimum atomic E-state index is -2.99. The highest BCUT2D eigenvalue weighted by atomic mass is 35.5. The van der Waals surface area contributed by atoms with Crippen LogP contribution in [-0.4, -0.2) is 54.1 Å². The highest BCUT2D eigenvalue weighted by Gasteiger charge is 2.51. The lowest BCUT2D eigenvalue weighted by atomic mass is 9.84. The van der Waals surface area contributed by atoms with Crippen molar-refractivity contribution in [3.05, 3.63) is 74.8 Å². The van der Waals surface area contributed by atoms with Gasteiger partial charge in [-0.3, -0.25) is 4.90 Å². The summed E-state index contributed by atoms with van der Waals surface area (Å²) >= 11 is 7.35. The van der Waals surface area contributed by atoms with Crippen molar-refractivity contribution in [3.8, 4) is 5.82 Å². The van der Waals surface area contributed by atoms with Gasteiger partial charge in [-0.2, -0.15) is 19.0 Å². The predicted octanol–water partition coefficient (Wildman–Crippen LogP) is 4.54. The molecule has 0 saturated carbocycles. The van der Waals surface area contributed by atoms with Crippen LogP contribution in [0.5, 0.6) is 0 Å². The van der Waals surface area contributed by atoms with Crippen LogP contribution in [0.25, 0.3) is 5.82 Å². The summed E-state index contributed by atoms with van der Waals surface area (Å²) in [6, 6.07) is 5.31. The minimum Gasteiger partial charge on any atom is -0.363 e. The molecule has 4 aromatic rings. The van der Waals surface area contributed by atoms with Gasteiger partial charge < -0.3 is 4.74 Å². The zero-order valence-corrected chi connectivity index (χ0v) is 21.1. The van der Waals surface area contributed by atoms with Gasteiger partial charge in [-0.25, -0.2) is 19.3 Å². The van der Waals surface area contributed by atoms with E-state index in [4.69, 9.17) is 21.4 Å². The Kier molecular flexibility index (Phi) is 5.90. The minimum absolute atomic E-state index is 0.0337. The Morgan fingerprint density at radius 3 is 2.81 bits per heavy atom. The summed E-state index contributed by atoms with van der Waals surface area (Å²) in [6.45, 7) is 4.10. The number of aryl methyl sites for hydroxylation is 1. The number of alkyl halides is 2. The number of halogens is 3. The molecule has 0 atom stereocenters. The lowest BCUT2D eigenvalue weighted by Gasteiger charge is -2.45. The second-order valence-electron chi connectivity index (χ2n) is 9.32. The summed E-state index contributed by atoms with van der Waals surface area (Å²) in [5.74, 6) is -2.25. The van der Waals surface area contributed by atoms with Crippen molar-refractivity contribution in [1.82, 2.24) is 34.4 Å². The van der Waals surface area contributed by atoms with E-state index in [9.17, 15) is 8.78 Å². The van der Waals surface area contributed by atoms with E-state index >= 15 is 0 Å². The molecule has 8 nitrogen and oxygen atoms in total. The van der Waals surface area contributed by atoms with Gasteiger partial charge in [0.25, 0.3) is 5.92 Å². The van der Waals surface area contributed by atoms with Gasteiger partial charge in [0.1, 0.15) is 24.9 Å². The third-order valence-corrected chi connectivity index (χ3v) is 8.43. The van der Waals surface area contributed by atoms with Gasteiger partial charge in [-0.1, -0.05) is 17.7 Å². The SMILES string of the molecule is Cc1nn(-c2ncccc2Cn2cncn2)cc1CN1CCC2(CC1)OCC(F)(F)c1cc(Cl)sc12. The van der Waals surface area contributed by atoms with Gasteiger partial charge in [-0.15, -0.1) is 11.3 Å². The molecule has 0 aromatic carbocycles. The first kappa shape index (κ1) is 23.7. The smallest absolute Gasteiger partial charge is 0.297 e. The van der Waals surface area contributed by atoms with Crippen LogP contribution in [0.3, 0.4) is 0 Å². The highest BCUT2D eigenvalue weighted by Crippen LogP contribution is 2.52. The lowest BCUT2D eigenvalue weighted by Crippen LogP contribution is -2.48. The molecule has 36 heavy (non-hydrogen) atoms. The zero-order chi connectivity index (χ0) is 24.9. The van der Waals surface area contributed by atoms with Gasteiger partial charge in [0.2, 0.25) is 0 Å². The molecule has 4 aromatic heterocycles. The highest BCUT2D eigenvalue weighted by molar-refractivity contribution is 7.16. The number of hydrogen-bond donors (Lipinski definition) is 0. The molecule has 0 amide bonds. The van der Waals surface area contributed by atoms with Crippen LogP contribution < -0.4 is 0 Å². The van der Waals surface area contributed by atoms with Crippen LogP contribution in [0.1, 0.15) is 40.1 Å². The van der Waals surface area contributed by atoms with Gasteiger partial charge in [0.15, 0.2) is 5.82 Å². The largest absolute Gasteiger partial charge is 0.363 e. The number of hydrogen-bond acceptors (Lipinski definition) is 7. The molecule has 1 spiro atoms. The second kappa shape index (κ2) is 8.98. The average Bonchev–Trinajstić information content (AvgIpc) is 3.60. The van der Waals surface area contributed by atoms with E-state index in [1.165, 1.54) is 23.7 Å². The molecule has 1 saturated heterocycles. The molecule has 2 aliphatic rings. The molecule has 0 radical (unpaired) electrons. The first-order valence-corrected chi connectivity index (χ1v) is 12.9. The number of rotatable bonds is 5. The fraction of sp³-hybridized carbons (Fsp3) is 0.417. The second-order valence-corrected chi connectivity index (χ2v) is 11.0. The summed E-state index contributed by atoms with van der Waals surface area (Å²) in [7, 11) is 0. The van der Waals surface area contributed by atoms with E-state index < -0.39 is 18.1 Å². The fourth-order valence-electron chi connectivity index (χ4n) is 5.04. The molecule has 0 aliphatic carbocycles. The summed E-state index contributed by atoms with van der Waals surface area (Å²) < 4.78 is 38.6. The maximum atomic E-state index is 14.4. The maximum absolute atomic E-state index is 14.4. The van der Waals surface area contributed by atoms with Crippen LogP contribution in [0, 0.1) is 6.92 Å². The number of aromatic nitrogens is 6. The maximum Gasteiger partial charge on any atom is 0.297 e. The van der Waals surface area contributed by atoms with Crippen LogP contribution in [0.15, 0.2) is 43.2 Å². The summed E-state index contributed by atoms with van der Waals surface area (Å²) in [4.78, 5) is 11.5. The van der Waals surface area contributed by atoms with E-state index in [2.05, 4.69) is 20.0 Å². The zero-order valence-electron chi connectivity index (χ0n) is 19.6. The van der Waals surface area contributed by atoms with Crippen molar-refractivity contribution >= 4 is 22.9 Å². The van der Waals surface area contributed by atoms with Crippen LogP contribution in [0.2, 0.25) is 4.34 Å². The normalized spacial score (nSPS) is 19.0. The van der Waals surface area contributed by atoms with Crippen LogP contribution >= 0.6 is 22.9 Å². The van der Waals surface area contributed by atoms with Gasteiger partial charge >= 0.3 is 0 Å². The average molecular weight is 532 g/mol. The molecule has 1 fully saturated rings. The van der Waals surface area contributed by atoms with E-state index in [-0.39, 0.29) is 5.56 Å². The quantitative estimate of drug-likeness (QED) is 0.376. The Morgan fingerprint density at radius 1 is 1.19 bits per heavy atom. The molecule has 6 heterocycles. The number of nitrogens with zero attached hydrogens (tertiary/aromatic N) is 7. The number of pyridine rings is 1. The molecule has 0 N–H and O–H groups in total. The van der Waals surface area contributed by atoms with Crippen molar-refractivity contribution in [2.45, 2.75) is 44.4 Å². The van der Waals surface area contributed by atoms with E-state index in [1.54, 1.807) is 17.2 Å². The Morgan fingerprint density at radius 2 is 2.03 bits per heavy atom. The van der Waals surface area contributed by atoms with E-state index in [0.29, 0.717) is 35.1 Å². The Balaban J connectivity index is 1.18. The molecule has 12 heteroatoms. The Bertz CT molecular complexity index is 1380. The first-order chi connectivity index (χ1) is 17.3. The van der Waals surface area contributed by atoms with Gasteiger partial charge in [0.05, 0.1) is 16.6 Å². The topological polar surface area (TPSA) is 73.9 Å². The molecular formula is C24H24ClF2N7OS. The standard InChI is InChI=1S/C24H24ClF2N7OS/c1-16-18(12-34(31-16)22-17(3-2-6-29-22)11-33-15-28-14-30-33)10-32-7-4-23(5-8-32)21-19(9-20(25)36-21)24(26,27)13-35-23/h2-3,6,9,12,14-15H,4-5,7-8,10-11,13H2,1H3. The lowest BCUT2D eigenvalue weighted by molar-refractivity contribution is -0.182. The molecule has 188 valence electrons. The molecule has 2 aliphatic heterocycles. The summed E-state index contributed by atoms with van der Waals surface area (Å²) in [5, 5.41) is 8.92. The van der Waals surface area contributed by atoms with Gasteiger partial charge in [-0.05, 0) is 31.9 Å². The molecule has 0 unspecified atom stereocenters. The van der Waals surface area contributed by atoms with Gasteiger partial charge in [0, 0.05) is 53.6 Å². The Hall–Kier alpha value is -2.73. The van der Waals surface area contributed by atoms with E-state index in [0.717, 1.165) is 35.7 Å². The van der Waals surface area contributed by atoms with Crippen molar-refractivity contribution in [2.75, 3.05) is 19.7 Å². The molecule has 0 bridgehead atoms. The van der Waals surface area contributed by atoms with E-state index in [1.807, 2.05) is 29.9 Å². The Labute approximate surface area is 215 Å². The predicted molar refractivity (Wildman–Crippen MR) is 131 cm³/mol. The number of likely N-dealkylation sites (tertiary alicyclic amines) is 1. The number of fused-ring (bicyclic) bond motifs is 2. The van der Waals surface area contributed by atoms with Crippen molar-refractivity contribution in [2.24, 2.45) is 0 Å². The number of thiophene rings is 1. The number of ether oxygens (including phenoxy) is 1. The fourth-order valence-corrected chi connectivity index (χ4v) is 6.52. The van der Waals surface area contributed by atoms with Crippen molar-refractivity contribution < 1.29 is 13.5 Å². The first-order valence-electron chi connectivity index (χ1n) is 11.7. The molecular weight excluding hydrogens is 508 g/mol. The van der Waals surface area contributed by atoms with Crippen LogP contribution in [-0.2, 0) is 29.3 Å². The monoisotopic (exact) mass is 531 g/mol. The molecule has 6 rings (SSSR count). The third-order valence-electron chi connectivity index (χ3n) is 6.98. The summed E-state index contributed by atoms with van der Waals surface area (Å²) in [5.41, 5.74) is 2.35. The van der Waals surface area contributed by atoms with Crippen molar-refractivity contribution in [1.29, 1.82) is 0 Å².